The van der Waals surface area contributed by atoms with Crippen molar-refractivity contribution in [2.45, 2.75) is 56.3 Å². The summed E-state index contributed by atoms with van der Waals surface area (Å²) in [6.45, 7) is 5.91. The Balaban J connectivity index is 0.970. The molecule has 9 nitrogen and oxygen atoms in total. The van der Waals surface area contributed by atoms with Gasteiger partial charge in [-0.1, -0.05) is 6.07 Å². The van der Waals surface area contributed by atoms with Crippen LogP contribution in [0.25, 0.3) is 0 Å². The van der Waals surface area contributed by atoms with Gasteiger partial charge in [0.1, 0.15) is 5.60 Å². The van der Waals surface area contributed by atoms with Crippen LogP contribution < -0.4 is 10.2 Å². The van der Waals surface area contributed by atoms with Gasteiger partial charge >= 0.3 is 6.18 Å². The van der Waals surface area contributed by atoms with Crippen molar-refractivity contribution in [3.8, 4) is 0 Å². The Kier molecular flexibility index (Phi) is 8.60. The van der Waals surface area contributed by atoms with E-state index in [9.17, 15) is 27.9 Å². The van der Waals surface area contributed by atoms with Crippen LogP contribution in [0.15, 0.2) is 42.6 Å². The second-order valence-corrected chi connectivity index (χ2v) is 12.8. The summed E-state index contributed by atoms with van der Waals surface area (Å²) >= 11 is 0. The number of likely N-dealkylation sites (tertiary alicyclic amines) is 2. The van der Waals surface area contributed by atoms with Gasteiger partial charge in [-0.2, -0.15) is 13.2 Å². The fraction of sp³-hybridized carbons (Fsp3) is 0.594. The molecule has 238 valence electrons. The van der Waals surface area contributed by atoms with Gasteiger partial charge in [-0.3, -0.25) is 19.5 Å². The molecule has 4 aliphatic rings. The summed E-state index contributed by atoms with van der Waals surface area (Å²) in [4.78, 5) is 36.6. The number of halogens is 3. The highest BCUT2D eigenvalue weighted by Crippen LogP contribution is 2.44. The number of carbonyl (C=O) groups is 2. The number of aliphatic hydroxyl groups is 1. The fourth-order valence-electron chi connectivity index (χ4n) is 7.34. The van der Waals surface area contributed by atoms with Crippen LogP contribution in [0.3, 0.4) is 0 Å². The number of carbonyl (C=O) groups excluding carboxylic acids is 2. The molecule has 3 saturated heterocycles. The average Bonchev–Trinajstić information content (AvgIpc) is 3.66. The van der Waals surface area contributed by atoms with E-state index in [4.69, 9.17) is 4.74 Å². The van der Waals surface area contributed by atoms with E-state index in [1.54, 1.807) is 4.90 Å². The molecule has 1 saturated carbocycles. The van der Waals surface area contributed by atoms with Gasteiger partial charge < -0.3 is 25.0 Å². The van der Waals surface area contributed by atoms with Gasteiger partial charge in [0.15, 0.2) is 0 Å². The molecule has 1 aromatic carbocycles. The Hall–Kier alpha value is -3.22. The molecule has 44 heavy (non-hydrogen) atoms. The molecule has 0 bridgehead atoms. The lowest BCUT2D eigenvalue weighted by Gasteiger charge is -2.40. The molecule has 6 rings (SSSR count). The largest absolute Gasteiger partial charge is 0.416 e. The van der Waals surface area contributed by atoms with Crippen LogP contribution in [-0.2, 0) is 21.3 Å². The molecular weight excluding hydrogens is 575 g/mol. The van der Waals surface area contributed by atoms with Crippen LogP contribution in [0, 0.1) is 5.41 Å². The standard InChI is InChI=1S/C32H40F3N5O4/c33-32(34,35)24-3-1-2-23(18-24)29(42)37-20-28(41)40-13-11-30(22-40)10-12-39(21-30)25-6-8-31(43,9-7-25)27-5-4-26(19-36-27)38-14-16-44-17-15-38/h1-5,18-19,25,43H,6-17,20-22H2,(H,37,42)/t25?,30-,31?/m1/s1. The normalized spacial score (nSPS) is 28.0. The van der Waals surface area contributed by atoms with Gasteiger partial charge in [-0.05, 0) is 75.4 Å². The number of ether oxygens (including phenoxy) is 1. The van der Waals surface area contributed by atoms with Crippen molar-refractivity contribution < 1.29 is 32.6 Å². The second kappa shape index (κ2) is 12.3. The van der Waals surface area contributed by atoms with Gasteiger partial charge in [0.2, 0.25) is 5.91 Å². The molecule has 4 heterocycles. The Morgan fingerprint density at radius 2 is 1.75 bits per heavy atom. The first kappa shape index (κ1) is 30.8. The zero-order valence-electron chi connectivity index (χ0n) is 24.8. The summed E-state index contributed by atoms with van der Waals surface area (Å²) in [6.07, 6.45) is 2.25. The van der Waals surface area contributed by atoms with Crippen molar-refractivity contribution in [2.75, 3.05) is 63.9 Å². The van der Waals surface area contributed by atoms with Gasteiger partial charge in [0.25, 0.3) is 5.91 Å². The number of benzene rings is 1. The smallest absolute Gasteiger partial charge is 0.384 e. The lowest BCUT2D eigenvalue weighted by Crippen LogP contribution is -2.43. The molecule has 2 N–H and O–H groups in total. The zero-order valence-corrected chi connectivity index (χ0v) is 24.8. The molecule has 1 spiro atoms. The number of alkyl halides is 3. The van der Waals surface area contributed by atoms with E-state index in [0.717, 1.165) is 75.4 Å². The number of nitrogens with one attached hydrogen (secondary N) is 1. The van der Waals surface area contributed by atoms with E-state index < -0.39 is 23.2 Å². The zero-order chi connectivity index (χ0) is 31.0. The molecule has 2 aromatic rings. The lowest BCUT2D eigenvalue weighted by molar-refractivity contribution is -0.137. The third kappa shape index (κ3) is 6.57. The monoisotopic (exact) mass is 615 g/mol. The Morgan fingerprint density at radius 3 is 2.45 bits per heavy atom. The number of hydrogen-bond acceptors (Lipinski definition) is 7. The first-order valence-electron chi connectivity index (χ1n) is 15.5. The first-order chi connectivity index (χ1) is 21.0. The predicted molar refractivity (Wildman–Crippen MR) is 157 cm³/mol. The highest BCUT2D eigenvalue weighted by atomic mass is 19.4. The number of morpholine rings is 1. The number of hydrogen-bond donors (Lipinski definition) is 2. The molecule has 0 unspecified atom stereocenters. The van der Waals surface area contributed by atoms with Crippen LogP contribution in [0.1, 0.15) is 60.1 Å². The topological polar surface area (TPSA) is 98.2 Å². The van der Waals surface area contributed by atoms with E-state index in [0.29, 0.717) is 45.2 Å². The van der Waals surface area contributed by atoms with Crippen LogP contribution >= 0.6 is 0 Å². The van der Waals surface area contributed by atoms with Gasteiger partial charge in [0, 0.05) is 49.7 Å². The van der Waals surface area contributed by atoms with E-state index in [1.165, 1.54) is 12.1 Å². The van der Waals surface area contributed by atoms with Gasteiger partial charge in [-0.25, -0.2) is 0 Å². The average molecular weight is 616 g/mol. The Bertz CT molecular complexity index is 1340. The molecule has 1 atom stereocenters. The molecule has 0 radical (unpaired) electrons. The third-order valence-corrected chi connectivity index (χ3v) is 10.0. The molecule has 12 heteroatoms. The van der Waals surface area contributed by atoms with Crippen LogP contribution in [0.5, 0.6) is 0 Å². The lowest BCUT2D eigenvalue weighted by atomic mass is 9.79. The van der Waals surface area contributed by atoms with Crippen LogP contribution in [0.2, 0.25) is 0 Å². The summed E-state index contributed by atoms with van der Waals surface area (Å²) in [5.74, 6) is -0.929. The number of amides is 2. The number of anilines is 1. The van der Waals surface area contributed by atoms with Crippen LogP contribution in [0.4, 0.5) is 18.9 Å². The highest BCUT2D eigenvalue weighted by Gasteiger charge is 2.47. The number of rotatable bonds is 6. The Morgan fingerprint density at radius 1 is 1.00 bits per heavy atom. The van der Waals surface area contributed by atoms with Crippen molar-refractivity contribution in [1.82, 2.24) is 20.1 Å². The summed E-state index contributed by atoms with van der Waals surface area (Å²) in [6, 6.07) is 8.57. The Labute approximate surface area is 255 Å². The summed E-state index contributed by atoms with van der Waals surface area (Å²) in [5, 5.41) is 14.0. The first-order valence-corrected chi connectivity index (χ1v) is 15.5. The predicted octanol–water partition coefficient (Wildman–Crippen LogP) is 3.42. The van der Waals surface area contributed by atoms with Gasteiger partial charge in [-0.15, -0.1) is 0 Å². The maximum atomic E-state index is 13.0. The third-order valence-electron chi connectivity index (χ3n) is 10.0. The van der Waals surface area contributed by atoms with Crippen LogP contribution in [-0.4, -0.2) is 96.8 Å². The number of aromatic nitrogens is 1. The molecule has 1 aliphatic carbocycles. The number of pyridine rings is 1. The van der Waals surface area contributed by atoms with E-state index in [1.807, 2.05) is 18.3 Å². The van der Waals surface area contributed by atoms with Crippen molar-refractivity contribution in [2.24, 2.45) is 5.41 Å². The SMILES string of the molecule is O=C(NCC(=O)N1CC[C@@]2(CCN(C3CCC(O)(c4ccc(N5CCOCC5)cn4)CC3)C2)C1)c1cccc(C(F)(F)F)c1. The van der Waals surface area contributed by atoms with Crippen molar-refractivity contribution in [3.05, 3.63) is 59.4 Å². The quantitative estimate of drug-likeness (QED) is 0.514. The molecule has 1 aromatic heterocycles. The summed E-state index contributed by atoms with van der Waals surface area (Å²) in [7, 11) is 0. The fourth-order valence-corrected chi connectivity index (χ4v) is 7.34. The maximum absolute atomic E-state index is 13.0. The van der Waals surface area contributed by atoms with Crippen molar-refractivity contribution >= 4 is 17.5 Å². The minimum atomic E-state index is -4.54. The minimum Gasteiger partial charge on any atom is -0.384 e. The maximum Gasteiger partial charge on any atom is 0.416 e. The minimum absolute atomic E-state index is 0.00530. The van der Waals surface area contributed by atoms with E-state index >= 15 is 0 Å². The van der Waals surface area contributed by atoms with E-state index in [-0.39, 0.29) is 23.4 Å². The second-order valence-electron chi connectivity index (χ2n) is 12.8. The molecule has 3 aliphatic heterocycles. The van der Waals surface area contributed by atoms with E-state index in [2.05, 4.69) is 20.1 Å². The molecular formula is C32H40F3N5O4. The molecule has 2 amide bonds. The van der Waals surface area contributed by atoms with Crippen molar-refractivity contribution in [3.63, 3.8) is 0 Å². The summed E-state index contributed by atoms with van der Waals surface area (Å²) < 4.78 is 44.4. The number of nitrogens with zero attached hydrogens (tertiary/aromatic N) is 4. The van der Waals surface area contributed by atoms with Crippen molar-refractivity contribution in [1.29, 1.82) is 0 Å². The summed E-state index contributed by atoms with van der Waals surface area (Å²) in [5.41, 5.74) is -0.161. The molecule has 4 fully saturated rings. The van der Waals surface area contributed by atoms with Gasteiger partial charge in [0.05, 0.1) is 42.9 Å². The highest BCUT2D eigenvalue weighted by molar-refractivity contribution is 5.96.